The van der Waals surface area contributed by atoms with E-state index in [1.54, 1.807) is 0 Å². The number of benzene rings is 1. The first-order valence-electron chi connectivity index (χ1n) is 9.39. The molecule has 0 aromatic heterocycles. The highest BCUT2D eigenvalue weighted by Gasteiger charge is 2.28. The zero-order chi connectivity index (χ0) is 23.0. The summed E-state index contributed by atoms with van der Waals surface area (Å²) in [6, 6.07) is 4.09. The van der Waals surface area contributed by atoms with Gasteiger partial charge in [-0.1, -0.05) is 17.7 Å². The van der Waals surface area contributed by atoms with Crippen molar-refractivity contribution < 1.29 is 42.5 Å². The third kappa shape index (κ3) is 7.20. The Bertz CT molecular complexity index is 809. The van der Waals surface area contributed by atoms with Crippen LogP contribution < -0.4 is 9.84 Å². The number of halogens is 1. The molecule has 3 N–H and O–H groups in total. The molecule has 1 saturated heterocycles. The van der Waals surface area contributed by atoms with E-state index in [2.05, 4.69) is 11.4 Å². The monoisotopic (exact) mass is 460 g/mol. The number of nitrogens with one attached hydrogen (secondary N) is 1. The number of carbonyl (C=O) groups is 2. The molecule has 2 amide bonds. The molecule has 0 aliphatic carbocycles. The number of carbonyl (C=O) groups excluding carboxylic acids is 2. The van der Waals surface area contributed by atoms with Crippen LogP contribution in [0, 0.1) is 13.8 Å². The van der Waals surface area contributed by atoms with Crippen molar-refractivity contribution in [1.82, 2.24) is 10.2 Å². The predicted octanol–water partition coefficient (Wildman–Crippen LogP) is 1.86. The Morgan fingerprint density at radius 3 is 2.74 bits per heavy atom. The van der Waals surface area contributed by atoms with Gasteiger partial charge in [0.2, 0.25) is 12.2 Å². The van der Waals surface area contributed by atoms with E-state index >= 15 is 0 Å². The second kappa shape index (κ2) is 12.0. The molecule has 2 unspecified atom stereocenters. The molecule has 1 aromatic rings. The van der Waals surface area contributed by atoms with Crippen molar-refractivity contribution in [2.24, 2.45) is 0 Å². The normalized spacial score (nSPS) is 22.5. The van der Waals surface area contributed by atoms with E-state index in [1.807, 2.05) is 19.9 Å². The maximum Gasteiger partial charge on any atom is 0.399 e. The number of likely N-dealkylation sites (N-methyl/N-ethyl adjacent to an activating group) is 1. The SMILES string of the molecule is CNC(=O)/C(F)=C\N(C=O)C1CC[C@@H](O)O1.Cc1cc(C)c2c(c1)COP(OCO)O2. The quantitative estimate of drug-likeness (QED) is 0.254. The first kappa shape index (κ1) is 25.1. The van der Waals surface area contributed by atoms with Gasteiger partial charge in [0.05, 0.1) is 12.8 Å². The molecule has 2 aliphatic rings. The van der Waals surface area contributed by atoms with Crippen molar-refractivity contribution in [3.05, 3.63) is 40.8 Å². The number of fused-ring (bicyclic) bond motifs is 1. The van der Waals surface area contributed by atoms with Gasteiger partial charge in [-0.15, -0.1) is 0 Å². The van der Waals surface area contributed by atoms with Crippen LogP contribution in [-0.4, -0.2) is 53.8 Å². The molecule has 0 bridgehead atoms. The Hall–Kier alpha value is -2.14. The highest BCUT2D eigenvalue weighted by molar-refractivity contribution is 7.42. The summed E-state index contributed by atoms with van der Waals surface area (Å²) in [4.78, 5) is 22.4. The lowest BCUT2D eigenvalue weighted by molar-refractivity contribution is -0.143. The molecule has 3 atom stereocenters. The lowest BCUT2D eigenvalue weighted by Gasteiger charge is -2.24. The Kier molecular flexibility index (Phi) is 9.76. The number of ether oxygens (including phenoxy) is 1. The standard InChI is InChI=1S/C10H13O4P.C9H13FN2O4/c1-7-3-8(2)10-9(4-7)5-12-15(14-10)13-6-11;1-11-9(15)6(10)4-12(5-13)7-2-3-8(14)16-7/h3-4,11H,5-6H2,1-2H3;4-5,7-8,14H,2-3H2,1H3,(H,11,15)/b;6-4+/t;7?,8-/m.0/s1. The number of rotatable bonds is 6. The highest BCUT2D eigenvalue weighted by Crippen LogP contribution is 2.48. The van der Waals surface area contributed by atoms with Gasteiger partial charge in [-0.3, -0.25) is 23.5 Å². The van der Waals surface area contributed by atoms with Crippen molar-refractivity contribution in [3.8, 4) is 5.75 Å². The van der Waals surface area contributed by atoms with Gasteiger partial charge < -0.3 is 24.8 Å². The molecule has 12 heteroatoms. The van der Waals surface area contributed by atoms with E-state index in [-0.39, 0.29) is 6.79 Å². The zero-order valence-electron chi connectivity index (χ0n) is 17.4. The molecule has 10 nitrogen and oxygen atoms in total. The van der Waals surface area contributed by atoms with Crippen LogP contribution in [0.25, 0.3) is 0 Å². The minimum absolute atomic E-state index is 0.339. The molecule has 2 heterocycles. The molecule has 3 rings (SSSR count). The van der Waals surface area contributed by atoms with Gasteiger partial charge in [-0.25, -0.2) is 0 Å². The lowest BCUT2D eigenvalue weighted by Crippen LogP contribution is -2.31. The summed E-state index contributed by atoms with van der Waals surface area (Å²) in [5, 5.41) is 19.8. The first-order valence-corrected chi connectivity index (χ1v) is 10.5. The number of aliphatic hydroxyl groups is 2. The van der Waals surface area contributed by atoms with E-state index < -0.39 is 32.9 Å². The number of amides is 2. The summed E-state index contributed by atoms with van der Waals surface area (Å²) in [7, 11) is -0.160. The lowest BCUT2D eigenvalue weighted by atomic mass is 10.1. The van der Waals surface area contributed by atoms with E-state index in [0.717, 1.165) is 28.0 Å². The fourth-order valence-corrected chi connectivity index (χ4v) is 3.86. The van der Waals surface area contributed by atoms with Gasteiger partial charge in [0.1, 0.15) is 12.0 Å². The van der Waals surface area contributed by atoms with E-state index in [9.17, 15) is 14.0 Å². The number of hydrogen-bond acceptors (Lipinski definition) is 8. The molecule has 2 aliphatic heterocycles. The third-order valence-corrected chi connectivity index (χ3v) is 5.28. The molecule has 0 radical (unpaired) electrons. The second-order valence-corrected chi connectivity index (χ2v) is 7.79. The fraction of sp³-hybridized carbons (Fsp3) is 0.474. The number of aryl methyl sites for hydroxylation is 2. The van der Waals surface area contributed by atoms with Gasteiger partial charge in [-0.2, -0.15) is 4.39 Å². The van der Waals surface area contributed by atoms with Crippen molar-refractivity contribution in [3.63, 3.8) is 0 Å². The smallest absolute Gasteiger partial charge is 0.399 e. The van der Waals surface area contributed by atoms with Crippen LogP contribution in [-0.2, 0) is 30.0 Å². The van der Waals surface area contributed by atoms with Gasteiger partial charge >= 0.3 is 8.60 Å². The Morgan fingerprint density at radius 2 is 2.16 bits per heavy atom. The van der Waals surface area contributed by atoms with E-state index in [4.69, 9.17) is 28.5 Å². The van der Waals surface area contributed by atoms with Gasteiger partial charge in [0, 0.05) is 19.0 Å². The minimum atomic E-state index is -1.43. The van der Waals surface area contributed by atoms with Crippen LogP contribution in [0.2, 0.25) is 0 Å². The highest BCUT2D eigenvalue weighted by atomic mass is 31.2. The minimum Gasteiger partial charge on any atom is -0.426 e. The van der Waals surface area contributed by atoms with Crippen molar-refractivity contribution in [2.75, 3.05) is 13.8 Å². The first-order chi connectivity index (χ1) is 14.8. The molecule has 172 valence electrons. The van der Waals surface area contributed by atoms with Crippen molar-refractivity contribution in [1.29, 1.82) is 0 Å². The number of hydrogen-bond donors (Lipinski definition) is 3. The molecule has 0 saturated carbocycles. The third-order valence-electron chi connectivity index (χ3n) is 4.29. The average Bonchev–Trinajstić information content (AvgIpc) is 3.18. The topological polar surface area (TPSA) is 127 Å². The Morgan fingerprint density at radius 1 is 1.42 bits per heavy atom. The number of nitrogens with zero attached hydrogens (tertiary/aromatic N) is 1. The van der Waals surface area contributed by atoms with E-state index in [1.165, 1.54) is 12.6 Å². The van der Waals surface area contributed by atoms with Crippen LogP contribution in [0.3, 0.4) is 0 Å². The van der Waals surface area contributed by atoms with Gasteiger partial charge in [0.15, 0.2) is 13.1 Å². The summed E-state index contributed by atoms with van der Waals surface area (Å²) in [5.74, 6) is -1.20. The Labute approximate surface area is 180 Å². The maximum absolute atomic E-state index is 13.1. The average molecular weight is 460 g/mol. The van der Waals surface area contributed by atoms with Crippen LogP contribution in [0.1, 0.15) is 29.5 Å². The zero-order valence-corrected chi connectivity index (χ0v) is 18.3. The van der Waals surface area contributed by atoms with Crippen molar-refractivity contribution in [2.45, 2.75) is 45.8 Å². The summed E-state index contributed by atoms with van der Waals surface area (Å²) in [5.41, 5.74) is 3.29. The second-order valence-electron chi connectivity index (χ2n) is 6.65. The Balaban J connectivity index is 0.000000220. The predicted molar refractivity (Wildman–Crippen MR) is 108 cm³/mol. The van der Waals surface area contributed by atoms with Crippen LogP contribution in [0.5, 0.6) is 5.75 Å². The molecular weight excluding hydrogens is 434 g/mol. The van der Waals surface area contributed by atoms with Gasteiger partial charge in [-0.05, 0) is 25.8 Å². The number of aliphatic hydroxyl groups excluding tert-OH is 2. The van der Waals surface area contributed by atoms with E-state index in [0.29, 0.717) is 25.9 Å². The molecule has 0 spiro atoms. The maximum atomic E-state index is 13.1. The van der Waals surface area contributed by atoms with Gasteiger partial charge in [0.25, 0.3) is 5.91 Å². The van der Waals surface area contributed by atoms with Crippen LogP contribution in [0.15, 0.2) is 24.2 Å². The van der Waals surface area contributed by atoms with Crippen LogP contribution >= 0.6 is 8.60 Å². The van der Waals surface area contributed by atoms with Crippen molar-refractivity contribution >= 4 is 20.9 Å². The molecule has 1 fully saturated rings. The largest absolute Gasteiger partial charge is 0.426 e. The fourth-order valence-electron chi connectivity index (χ4n) is 2.93. The molecule has 1 aromatic carbocycles. The summed E-state index contributed by atoms with van der Waals surface area (Å²) in [6.45, 7) is 4.12. The summed E-state index contributed by atoms with van der Waals surface area (Å²) >= 11 is 0. The molecular formula is C19H26FN2O8P. The van der Waals surface area contributed by atoms with Crippen LogP contribution in [0.4, 0.5) is 4.39 Å². The molecule has 31 heavy (non-hydrogen) atoms. The summed E-state index contributed by atoms with van der Waals surface area (Å²) < 4.78 is 33.8. The summed E-state index contributed by atoms with van der Waals surface area (Å²) in [6.07, 6.45) is 0.147.